The molecule has 0 aliphatic heterocycles. The van der Waals surface area contributed by atoms with Crippen LogP contribution in [0, 0.1) is 5.92 Å². The van der Waals surface area contributed by atoms with E-state index >= 15 is 0 Å². The summed E-state index contributed by atoms with van der Waals surface area (Å²) in [5.41, 5.74) is -0.348. The molecule has 7 nitrogen and oxygen atoms in total. The Morgan fingerprint density at radius 3 is 2.13 bits per heavy atom. The van der Waals surface area contributed by atoms with E-state index in [2.05, 4.69) is 10.0 Å². The second-order valence-electron chi connectivity index (χ2n) is 6.33. The number of amides is 1. The molecule has 0 spiro atoms. The van der Waals surface area contributed by atoms with Gasteiger partial charge in [0.15, 0.2) is 0 Å². The lowest BCUT2D eigenvalue weighted by molar-refractivity contribution is -0.140. The third kappa shape index (κ3) is 5.99. The summed E-state index contributed by atoms with van der Waals surface area (Å²) in [6, 6.07) is 5.45. The highest BCUT2D eigenvalue weighted by molar-refractivity contribution is 7.89. The van der Waals surface area contributed by atoms with Gasteiger partial charge in [-0.3, -0.25) is 9.59 Å². The fourth-order valence-electron chi connectivity index (χ4n) is 1.68. The number of aliphatic carboxylic acids is 1. The summed E-state index contributed by atoms with van der Waals surface area (Å²) in [7, 11) is -3.66. The minimum absolute atomic E-state index is 0.000202. The van der Waals surface area contributed by atoms with Gasteiger partial charge in [-0.05, 0) is 45.0 Å². The summed E-state index contributed by atoms with van der Waals surface area (Å²) in [5.74, 6) is -2.15. The molecule has 0 bridgehead atoms. The SMILES string of the molecule is CC(CNC(=O)c1ccc(S(=O)(=O)NC(C)(C)C)cc1)C(=O)O. The van der Waals surface area contributed by atoms with E-state index in [1.165, 1.54) is 31.2 Å². The van der Waals surface area contributed by atoms with Crippen LogP contribution < -0.4 is 10.0 Å². The first-order chi connectivity index (χ1) is 10.4. The Morgan fingerprint density at radius 2 is 1.70 bits per heavy atom. The Bertz CT molecular complexity index is 675. The normalized spacial score (nSPS) is 13.4. The lowest BCUT2D eigenvalue weighted by Gasteiger charge is -2.20. The van der Waals surface area contributed by atoms with Gasteiger partial charge in [-0.15, -0.1) is 0 Å². The van der Waals surface area contributed by atoms with Crippen LogP contribution >= 0.6 is 0 Å². The molecule has 0 aromatic heterocycles. The van der Waals surface area contributed by atoms with Crippen LogP contribution in [0.3, 0.4) is 0 Å². The zero-order valence-corrected chi connectivity index (χ0v) is 14.4. The van der Waals surface area contributed by atoms with Crippen LogP contribution in [-0.2, 0) is 14.8 Å². The van der Waals surface area contributed by atoms with Crippen LogP contribution in [0.2, 0.25) is 0 Å². The maximum absolute atomic E-state index is 12.1. The van der Waals surface area contributed by atoms with Crippen molar-refractivity contribution in [1.82, 2.24) is 10.0 Å². The van der Waals surface area contributed by atoms with Gasteiger partial charge in [0.1, 0.15) is 0 Å². The lowest BCUT2D eigenvalue weighted by atomic mass is 10.1. The number of carbonyl (C=O) groups excluding carboxylic acids is 1. The number of carbonyl (C=O) groups is 2. The summed E-state index contributed by atoms with van der Waals surface area (Å²) < 4.78 is 26.8. The zero-order chi connectivity index (χ0) is 17.8. The van der Waals surface area contributed by atoms with Crippen molar-refractivity contribution >= 4 is 21.9 Å². The van der Waals surface area contributed by atoms with Crippen molar-refractivity contribution < 1.29 is 23.1 Å². The van der Waals surface area contributed by atoms with Crippen molar-refractivity contribution in [2.75, 3.05) is 6.54 Å². The summed E-state index contributed by atoms with van der Waals surface area (Å²) in [5, 5.41) is 11.3. The fourth-order valence-corrected chi connectivity index (χ4v) is 3.10. The summed E-state index contributed by atoms with van der Waals surface area (Å²) in [6.07, 6.45) is 0. The van der Waals surface area contributed by atoms with E-state index in [4.69, 9.17) is 5.11 Å². The van der Waals surface area contributed by atoms with Gasteiger partial charge < -0.3 is 10.4 Å². The van der Waals surface area contributed by atoms with Crippen molar-refractivity contribution in [1.29, 1.82) is 0 Å². The van der Waals surface area contributed by atoms with Gasteiger partial charge in [-0.25, -0.2) is 13.1 Å². The van der Waals surface area contributed by atoms with Gasteiger partial charge in [0.25, 0.3) is 5.91 Å². The lowest BCUT2D eigenvalue weighted by Crippen LogP contribution is -2.40. The van der Waals surface area contributed by atoms with Gasteiger partial charge in [0.05, 0.1) is 10.8 Å². The Morgan fingerprint density at radius 1 is 1.17 bits per heavy atom. The monoisotopic (exact) mass is 342 g/mol. The molecule has 0 aliphatic carbocycles. The fraction of sp³-hybridized carbons (Fsp3) is 0.467. The molecule has 23 heavy (non-hydrogen) atoms. The largest absolute Gasteiger partial charge is 0.481 e. The van der Waals surface area contributed by atoms with Crippen molar-refractivity contribution in [2.45, 2.75) is 38.1 Å². The van der Waals surface area contributed by atoms with Crippen LogP contribution in [0.4, 0.5) is 0 Å². The van der Waals surface area contributed by atoms with Crippen molar-refractivity contribution in [2.24, 2.45) is 5.92 Å². The number of carboxylic acids is 1. The topological polar surface area (TPSA) is 113 Å². The van der Waals surface area contributed by atoms with E-state index in [1.807, 2.05) is 0 Å². The predicted molar refractivity (Wildman–Crippen MR) is 85.6 cm³/mol. The molecule has 0 heterocycles. The minimum Gasteiger partial charge on any atom is -0.481 e. The summed E-state index contributed by atoms with van der Waals surface area (Å²) >= 11 is 0. The Labute approximate surface area is 136 Å². The number of sulfonamides is 1. The molecule has 0 radical (unpaired) electrons. The molecule has 0 saturated heterocycles. The zero-order valence-electron chi connectivity index (χ0n) is 13.6. The van der Waals surface area contributed by atoms with Gasteiger partial charge >= 0.3 is 5.97 Å². The van der Waals surface area contributed by atoms with E-state index in [0.717, 1.165) is 0 Å². The minimum atomic E-state index is -3.66. The molecule has 128 valence electrons. The number of nitrogens with one attached hydrogen (secondary N) is 2. The van der Waals surface area contributed by atoms with Gasteiger partial charge in [-0.2, -0.15) is 0 Å². The highest BCUT2D eigenvalue weighted by Crippen LogP contribution is 2.14. The number of rotatable bonds is 6. The van der Waals surface area contributed by atoms with E-state index < -0.39 is 33.4 Å². The molecule has 0 fully saturated rings. The second-order valence-corrected chi connectivity index (χ2v) is 8.01. The Balaban J connectivity index is 2.80. The van der Waals surface area contributed by atoms with E-state index in [0.29, 0.717) is 0 Å². The highest BCUT2D eigenvalue weighted by atomic mass is 32.2. The molecular formula is C15H22N2O5S. The molecule has 8 heteroatoms. The average Bonchev–Trinajstić information content (AvgIpc) is 2.41. The van der Waals surface area contributed by atoms with E-state index in [1.54, 1.807) is 20.8 Å². The smallest absolute Gasteiger partial charge is 0.308 e. The van der Waals surface area contributed by atoms with E-state index in [9.17, 15) is 18.0 Å². The first-order valence-corrected chi connectivity index (χ1v) is 8.56. The molecule has 0 saturated carbocycles. The number of hydrogen-bond acceptors (Lipinski definition) is 4. The van der Waals surface area contributed by atoms with Crippen LogP contribution in [0.5, 0.6) is 0 Å². The average molecular weight is 342 g/mol. The van der Waals surface area contributed by atoms with Crippen LogP contribution in [0.25, 0.3) is 0 Å². The standard InChI is InChI=1S/C15H22N2O5S/c1-10(14(19)20)9-16-13(18)11-5-7-12(8-6-11)23(21,22)17-15(2,3)4/h5-8,10,17H,9H2,1-4H3,(H,16,18)(H,19,20). The molecule has 1 unspecified atom stereocenters. The molecule has 1 amide bonds. The molecule has 0 aliphatic rings. The molecular weight excluding hydrogens is 320 g/mol. The molecule has 1 rings (SSSR count). The predicted octanol–water partition coefficient (Wildman–Crippen LogP) is 1.21. The van der Waals surface area contributed by atoms with Gasteiger partial charge in [0, 0.05) is 17.6 Å². The van der Waals surface area contributed by atoms with Crippen molar-refractivity contribution in [3.05, 3.63) is 29.8 Å². The highest BCUT2D eigenvalue weighted by Gasteiger charge is 2.22. The van der Waals surface area contributed by atoms with Gasteiger partial charge in [0.2, 0.25) is 10.0 Å². The van der Waals surface area contributed by atoms with Gasteiger partial charge in [-0.1, -0.05) is 6.92 Å². The molecule has 1 aromatic carbocycles. The number of hydrogen-bond donors (Lipinski definition) is 3. The first-order valence-electron chi connectivity index (χ1n) is 7.07. The molecule has 1 atom stereocenters. The summed E-state index contributed by atoms with van der Waals surface area (Å²) in [6.45, 7) is 6.68. The maximum Gasteiger partial charge on any atom is 0.308 e. The number of benzene rings is 1. The van der Waals surface area contributed by atoms with Crippen LogP contribution in [0.1, 0.15) is 38.1 Å². The molecule has 1 aromatic rings. The first kappa shape index (κ1) is 19.1. The van der Waals surface area contributed by atoms with E-state index in [-0.39, 0.29) is 17.0 Å². The molecule has 3 N–H and O–H groups in total. The van der Waals surface area contributed by atoms with Crippen molar-refractivity contribution in [3.8, 4) is 0 Å². The van der Waals surface area contributed by atoms with Crippen LogP contribution in [-0.4, -0.2) is 37.5 Å². The second kappa shape index (κ2) is 7.10. The summed E-state index contributed by atoms with van der Waals surface area (Å²) in [4.78, 5) is 22.6. The Kier molecular flexibility index (Phi) is 5.90. The van der Waals surface area contributed by atoms with Crippen molar-refractivity contribution in [3.63, 3.8) is 0 Å². The third-order valence-electron chi connectivity index (χ3n) is 2.86. The quantitative estimate of drug-likeness (QED) is 0.719. The Hall–Kier alpha value is -1.93. The number of carboxylic acid groups (broad SMARTS) is 1. The van der Waals surface area contributed by atoms with Crippen LogP contribution in [0.15, 0.2) is 29.2 Å². The maximum atomic E-state index is 12.1. The third-order valence-corrected chi connectivity index (χ3v) is 4.63.